The summed E-state index contributed by atoms with van der Waals surface area (Å²) in [5.74, 6) is 1.87. The molecule has 158 valence electrons. The first-order valence-electron chi connectivity index (χ1n) is 9.86. The molecular formula is C22H32IN5O. The van der Waals surface area contributed by atoms with Crippen molar-refractivity contribution in [3.8, 4) is 0 Å². The van der Waals surface area contributed by atoms with Crippen molar-refractivity contribution >= 4 is 35.8 Å². The standard InChI is InChI=1S/C22H31N5O.HI/c1-17-15-27(16-18(2)28-17)21-11-10-20(13-23-21)14-25-22(26(3)4)24-12-19-8-6-5-7-9-19;/h5-11,13,17-18H,12,14-16H2,1-4H3,(H,24,25);1H. The molecule has 0 bridgehead atoms. The maximum Gasteiger partial charge on any atom is 0.194 e. The van der Waals surface area contributed by atoms with Crippen LogP contribution in [0.25, 0.3) is 0 Å². The molecule has 29 heavy (non-hydrogen) atoms. The van der Waals surface area contributed by atoms with E-state index in [1.165, 1.54) is 5.56 Å². The first-order chi connectivity index (χ1) is 13.5. The van der Waals surface area contributed by atoms with E-state index in [-0.39, 0.29) is 36.2 Å². The molecule has 1 aromatic carbocycles. The Kier molecular flexibility index (Phi) is 9.16. The van der Waals surface area contributed by atoms with E-state index in [1.807, 2.05) is 43.4 Å². The number of benzene rings is 1. The molecule has 1 aliphatic rings. The third-order valence-electron chi connectivity index (χ3n) is 4.68. The van der Waals surface area contributed by atoms with Gasteiger partial charge in [0.2, 0.25) is 0 Å². The average Bonchev–Trinajstić information content (AvgIpc) is 2.68. The largest absolute Gasteiger partial charge is 0.372 e. The fraction of sp³-hybridized carbons (Fsp3) is 0.455. The molecule has 1 fully saturated rings. The van der Waals surface area contributed by atoms with Crippen LogP contribution >= 0.6 is 24.0 Å². The summed E-state index contributed by atoms with van der Waals surface area (Å²) < 4.78 is 5.81. The van der Waals surface area contributed by atoms with Gasteiger partial charge in [-0.2, -0.15) is 0 Å². The molecule has 6 nitrogen and oxygen atoms in total. The van der Waals surface area contributed by atoms with E-state index in [9.17, 15) is 0 Å². The maximum absolute atomic E-state index is 5.81. The second-order valence-corrected chi connectivity index (χ2v) is 7.56. The SMILES string of the molecule is CC1CN(c2ccc(CN=C(NCc3ccccc3)N(C)C)cn2)CC(C)O1.I. The topological polar surface area (TPSA) is 53.0 Å². The second-order valence-electron chi connectivity index (χ2n) is 7.56. The summed E-state index contributed by atoms with van der Waals surface area (Å²) >= 11 is 0. The van der Waals surface area contributed by atoms with Crippen LogP contribution in [0.5, 0.6) is 0 Å². The highest BCUT2D eigenvalue weighted by Gasteiger charge is 2.22. The molecule has 1 saturated heterocycles. The first kappa shape index (κ1) is 23.4. The first-order valence-corrected chi connectivity index (χ1v) is 9.86. The zero-order chi connectivity index (χ0) is 19.9. The zero-order valence-corrected chi connectivity index (χ0v) is 20.0. The number of ether oxygens (including phenoxy) is 1. The molecule has 7 heteroatoms. The molecule has 0 saturated carbocycles. The predicted octanol–water partition coefficient (Wildman–Crippen LogP) is 3.52. The van der Waals surface area contributed by atoms with E-state index < -0.39 is 0 Å². The smallest absolute Gasteiger partial charge is 0.194 e. The summed E-state index contributed by atoms with van der Waals surface area (Å²) in [4.78, 5) is 13.7. The number of guanidine groups is 1. The molecule has 0 spiro atoms. The lowest BCUT2D eigenvalue weighted by atomic mass is 10.2. The summed E-state index contributed by atoms with van der Waals surface area (Å²) in [5.41, 5.74) is 2.33. The van der Waals surface area contributed by atoms with E-state index in [0.717, 1.165) is 37.0 Å². The van der Waals surface area contributed by atoms with E-state index in [4.69, 9.17) is 9.73 Å². The lowest BCUT2D eigenvalue weighted by Crippen LogP contribution is -2.45. The molecule has 2 unspecified atom stereocenters. The van der Waals surface area contributed by atoms with Crippen molar-refractivity contribution in [2.45, 2.75) is 39.1 Å². The number of aliphatic imine (C=N–C) groups is 1. The number of hydrogen-bond donors (Lipinski definition) is 1. The van der Waals surface area contributed by atoms with E-state index >= 15 is 0 Å². The van der Waals surface area contributed by atoms with Gasteiger partial charge in [0.15, 0.2) is 5.96 Å². The number of hydrogen-bond acceptors (Lipinski definition) is 4. The monoisotopic (exact) mass is 509 g/mol. The minimum Gasteiger partial charge on any atom is -0.372 e. The number of aromatic nitrogens is 1. The van der Waals surface area contributed by atoms with Crippen LogP contribution < -0.4 is 10.2 Å². The van der Waals surface area contributed by atoms with Crippen molar-refractivity contribution in [3.63, 3.8) is 0 Å². The highest BCUT2D eigenvalue weighted by atomic mass is 127. The lowest BCUT2D eigenvalue weighted by molar-refractivity contribution is -0.00545. The maximum atomic E-state index is 5.81. The van der Waals surface area contributed by atoms with Crippen LogP contribution in [0, 0.1) is 0 Å². The van der Waals surface area contributed by atoms with Crippen LogP contribution in [-0.4, -0.2) is 55.2 Å². The van der Waals surface area contributed by atoms with Crippen LogP contribution in [0.4, 0.5) is 5.82 Å². The van der Waals surface area contributed by atoms with Crippen LogP contribution in [0.15, 0.2) is 53.7 Å². The average molecular weight is 509 g/mol. The van der Waals surface area contributed by atoms with Gasteiger partial charge in [-0.25, -0.2) is 9.98 Å². The van der Waals surface area contributed by atoms with E-state index in [0.29, 0.717) is 6.54 Å². The van der Waals surface area contributed by atoms with Crippen molar-refractivity contribution in [3.05, 3.63) is 59.8 Å². The summed E-state index contributed by atoms with van der Waals surface area (Å²) in [6.07, 6.45) is 2.38. The van der Waals surface area contributed by atoms with E-state index in [1.54, 1.807) is 0 Å². The highest BCUT2D eigenvalue weighted by molar-refractivity contribution is 14.0. The molecule has 0 aliphatic carbocycles. The molecular weight excluding hydrogens is 477 g/mol. The Hall–Kier alpha value is -1.87. The minimum absolute atomic E-state index is 0. The van der Waals surface area contributed by atoms with Crippen LogP contribution in [0.2, 0.25) is 0 Å². The Labute approximate surface area is 191 Å². The summed E-state index contributed by atoms with van der Waals surface area (Å²) in [6.45, 7) is 7.32. The van der Waals surface area contributed by atoms with Gasteiger partial charge in [-0.1, -0.05) is 36.4 Å². The van der Waals surface area contributed by atoms with Crippen molar-refractivity contribution < 1.29 is 4.74 Å². The quantitative estimate of drug-likeness (QED) is 0.380. The van der Waals surface area contributed by atoms with Gasteiger partial charge >= 0.3 is 0 Å². The van der Waals surface area contributed by atoms with Gasteiger partial charge in [0, 0.05) is 39.9 Å². The molecule has 1 aliphatic heterocycles. The fourth-order valence-electron chi connectivity index (χ4n) is 3.36. The van der Waals surface area contributed by atoms with Gasteiger partial charge < -0.3 is 19.9 Å². The molecule has 2 aromatic rings. The van der Waals surface area contributed by atoms with Gasteiger partial charge in [0.05, 0.1) is 18.8 Å². The normalized spacial score (nSPS) is 19.4. The molecule has 1 aromatic heterocycles. The zero-order valence-electron chi connectivity index (χ0n) is 17.7. The predicted molar refractivity (Wildman–Crippen MR) is 130 cm³/mol. The van der Waals surface area contributed by atoms with Gasteiger partial charge in [-0.05, 0) is 31.0 Å². The van der Waals surface area contributed by atoms with Crippen LogP contribution in [0.3, 0.4) is 0 Å². The van der Waals surface area contributed by atoms with Crippen molar-refractivity contribution in [2.75, 3.05) is 32.1 Å². The molecule has 1 N–H and O–H groups in total. The molecule has 3 rings (SSSR count). The van der Waals surface area contributed by atoms with Gasteiger partial charge in [0.1, 0.15) is 5.82 Å². The number of anilines is 1. The van der Waals surface area contributed by atoms with Crippen molar-refractivity contribution in [1.82, 2.24) is 15.2 Å². The Morgan fingerprint density at radius 3 is 2.38 bits per heavy atom. The van der Waals surface area contributed by atoms with Gasteiger partial charge in [-0.15, -0.1) is 24.0 Å². The molecule has 0 amide bonds. The Balaban J connectivity index is 0.00000300. The number of nitrogens with zero attached hydrogens (tertiary/aromatic N) is 4. The van der Waals surface area contributed by atoms with E-state index in [2.05, 4.69) is 53.3 Å². The van der Waals surface area contributed by atoms with Gasteiger partial charge in [0.25, 0.3) is 0 Å². The number of pyridine rings is 1. The minimum atomic E-state index is 0. The summed E-state index contributed by atoms with van der Waals surface area (Å²) in [5, 5.41) is 3.41. The van der Waals surface area contributed by atoms with Crippen molar-refractivity contribution in [1.29, 1.82) is 0 Å². The number of halogens is 1. The third kappa shape index (κ3) is 7.15. The molecule has 0 radical (unpaired) electrons. The second kappa shape index (κ2) is 11.3. The fourth-order valence-corrected chi connectivity index (χ4v) is 3.36. The Morgan fingerprint density at radius 1 is 1.10 bits per heavy atom. The molecule has 2 heterocycles. The number of rotatable bonds is 5. The Bertz CT molecular complexity index is 757. The highest BCUT2D eigenvalue weighted by Crippen LogP contribution is 2.18. The Morgan fingerprint density at radius 2 is 1.79 bits per heavy atom. The third-order valence-corrected chi connectivity index (χ3v) is 4.68. The summed E-state index contributed by atoms with van der Waals surface area (Å²) in [7, 11) is 4.00. The number of nitrogens with one attached hydrogen (secondary N) is 1. The number of morpholine rings is 1. The van der Waals surface area contributed by atoms with Crippen LogP contribution in [0.1, 0.15) is 25.0 Å². The van der Waals surface area contributed by atoms with Crippen LogP contribution in [-0.2, 0) is 17.8 Å². The summed E-state index contributed by atoms with van der Waals surface area (Å²) in [6, 6.07) is 14.5. The van der Waals surface area contributed by atoms with Crippen molar-refractivity contribution in [2.24, 2.45) is 4.99 Å². The lowest BCUT2D eigenvalue weighted by Gasteiger charge is -2.36. The molecule has 2 atom stereocenters. The van der Waals surface area contributed by atoms with Gasteiger partial charge in [-0.3, -0.25) is 0 Å².